The Morgan fingerprint density at radius 2 is 2.27 bits per heavy atom. The standard InChI is InChI=1S/C16H26N4O2/c1-14-10-17-20(11-14)13-15-12-18(8-9-22-15)5-3-7-19-6-2-4-16(19)21/h10-11,15H,2-9,12-13H2,1H3/t15-/m0/s1. The van der Waals surface area contributed by atoms with E-state index in [2.05, 4.69) is 23.1 Å². The van der Waals surface area contributed by atoms with E-state index in [1.54, 1.807) is 0 Å². The van der Waals surface area contributed by atoms with Crippen LogP contribution in [0, 0.1) is 6.92 Å². The molecule has 1 amide bonds. The molecule has 2 fully saturated rings. The van der Waals surface area contributed by atoms with Gasteiger partial charge in [-0.3, -0.25) is 14.4 Å². The Kier molecular flexibility index (Phi) is 5.10. The second-order valence-electron chi connectivity index (χ2n) is 6.37. The van der Waals surface area contributed by atoms with Gasteiger partial charge in [0.15, 0.2) is 0 Å². The SMILES string of the molecule is Cc1cnn(C[C@@H]2CN(CCCN3CCCC3=O)CCO2)c1. The van der Waals surface area contributed by atoms with Crippen molar-refractivity contribution in [3.63, 3.8) is 0 Å². The maximum Gasteiger partial charge on any atom is 0.222 e. The monoisotopic (exact) mass is 306 g/mol. The fourth-order valence-electron chi connectivity index (χ4n) is 3.30. The number of aromatic nitrogens is 2. The van der Waals surface area contributed by atoms with Crippen molar-refractivity contribution in [2.75, 3.05) is 39.3 Å². The number of carbonyl (C=O) groups excluding carboxylic acids is 1. The summed E-state index contributed by atoms with van der Waals surface area (Å²) in [5.41, 5.74) is 1.18. The smallest absolute Gasteiger partial charge is 0.222 e. The molecular weight excluding hydrogens is 280 g/mol. The number of ether oxygens (including phenoxy) is 1. The number of carbonyl (C=O) groups is 1. The molecule has 0 spiro atoms. The lowest BCUT2D eigenvalue weighted by atomic mass is 10.2. The minimum atomic E-state index is 0.210. The summed E-state index contributed by atoms with van der Waals surface area (Å²) in [6.45, 7) is 8.49. The number of hydrogen-bond donors (Lipinski definition) is 0. The average molecular weight is 306 g/mol. The van der Waals surface area contributed by atoms with Gasteiger partial charge in [-0.2, -0.15) is 5.10 Å². The first-order chi connectivity index (χ1) is 10.7. The van der Waals surface area contributed by atoms with E-state index in [1.165, 1.54) is 5.56 Å². The Morgan fingerprint density at radius 1 is 1.36 bits per heavy atom. The van der Waals surface area contributed by atoms with E-state index in [-0.39, 0.29) is 6.10 Å². The van der Waals surface area contributed by atoms with Gasteiger partial charge < -0.3 is 9.64 Å². The van der Waals surface area contributed by atoms with Crippen molar-refractivity contribution in [3.8, 4) is 0 Å². The van der Waals surface area contributed by atoms with Crippen LogP contribution < -0.4 is 0 Å². The third kappa shape index (κ3) is 4.08. The second kappa shape index (κ2) is 7.24. The van der Waals surface area contributed by atoms with Gasteiger partial charge in [-0.05, 0) is 25.3 Å². The van der Waals surface area contributed by atoms with Crippen LogP contribution >= 0.6 is 0 Å². The number of nitrogens with zero attached hydrogens (tertiary/aromatic N) is 4. The number of aryl methyl sites for hydroxylation is 1. The Morgan fingerprint density at radius 3 is 3.00 bits per heavy atom. The molecule has 1 aromatic heterocycles. The molecular formula is C16H26N4O2. The van der Waals surface area contributed by atoms with E-state index in [0.29, 0.717) is 5.91 Å². The highest BCUT2D eigenvalue weighted by molar-refractivity contribution is 5.77. The molecule has 0 radical (unpaired) electrons. The van der Waals surface area contributed by atoms with Gasteiger partial charge in [0.2, 0.25) is 5.91 Å². The van der Waals surface area contributed by atoms with Crippen LogP contribution in [0.3, 0.4) is 0 Å². The first kappa shape index (κ1) is 15.5. The van der Waals surface area contributed by atoms with E-state index < -0.39 is 0 Å². The first-order valence-electron chi connectivity index (χ1n) is 8.31. The summed E-state index contributed by atoms with van der Waals surface area (Å²) in [7, 11) is 0. The maximum atomic E-state index is 11.6. The first-order valence-corrected chi connectivity index (χ1v) is 8.31. The highest BCUT2D eigenvalue weighted by atomic mass is 16.5. The summed E-state index contributed by atoms with van der Waals surface area (Å²) in [4.78, 5) is 16.1. The quantitative estimate of drug-likeness (QED) is 0.784. The van der Waals surface area contributed by atoms with Crippen LogP contribution in [0.2, 0.25) is 0 Å². The topological polar surface area (TPSA) is 50.6 Å². The maximum absolute atomic E-state index is 11.6. The van der Waals surface area contributed by atoms with Gasteiger partial charge in [0.1, 0.15) is 0 Å². The van der Waals surface area contributed by atoms with E-state index >= 15 is 0 Å². The molecule has 3 heterocycles. The molecule has 0 bridgehead atoms. The summed E-state index contributed by atoms with van der Waals surface area (Å²) in [6, 6.07) is 0. The fraction of sp³-hybridized carbons (Fsp3) is 0.750. The van der Waals surface area contributed by atoms with Crippen LogP contribution in [0.5, 0.6) is 0 Å². The summed E-state index contributed by atoms with van der Waals surface area (Å²) in [5.74, 6) is 0.328. The van der Waals surface area contributed by atoms with Gasteiger partial charge in [-0.25, -0.2) is 0 Å². The van der Waals surface area contributed by atoms with E-state index in [4.69, 9.17) is 4.74 Å². The van der Waals surface area contributed by atoms with Crippen molar-refractivity contribution in [1.82, 2.24) is 19.6 Å². The summed E-state index contributed by atoms with van der Waals surface area (Å²) in [6.07, 6.45) is 6.97. The van der Waals surface area contributed by atoms with Crippen LogP contribution in [-0.4, -0.2) is 70.9 Å². The van der Waals surface area contributed by atoms with Gasteiger partial charge in [-0.15, -0.1) is 0 Å². The Balaban J connectivity index is 1.39. The molecule has 2 aliphatic rings. The zero-order valence-corrected chi connectivity index (χ0v) is 13.4. The number of rotatable bonds is 6. The molecule has 0 N–H and O–H groups in total. The van der Waals surface area contributed by atoms with E-state index in [0.717, 1.165) is 65.1 Å². The van der Waals surface area contributed by atoms with Gasteiger partial charge in [-0.1, -0.05) is 0 Å². The molecule has 122 valence electrons. The molecule has 1 aromatic rings. The van der Waals surface area contributed by atoms with Crippen LogP contribution in [0.1, 0.15) is 24.8 Å². The molecule has 1 atom stereocenters. The fourth-order valence-corrected chi connectivity index (χ4v) is 3.30. The number of amides is 1. The van der Waals surface area contributed by atoms with Crippen molar-refractivity contribution >= 4 is 5.91 Å². The van der Waals surface area contributed by atoms with Crippen LogP contribution in [0.25, 0.3) is 0 Å². The molecule has 2 saturated heterocycles. The Hall–Kier alpha value is -1.40. The molecule has 0 unspecified atom stereocenters. The Labute approximate surface area is 132 Å². The molecule has 0 saturated carbocycles. The highest BCUT2D eigenvalue weighted by Gasteiger charge is 2.22. The Bertz CT molecular complexity index is 502. The predicted octanol–water partition coefficient (Wildman–Crippen LogP) is 0.905. The lowest BCUT2D eigenvalue weighted by Crippen LogP contribution is -2.45. The number of morpholine rings is 1. The van der Waals surface area contributed by atoms with Gasteiger partial charge in [0, 0.05) is 45.3 Å². The number of likely N-dealkylation sites (tertiary alicyclic amines) is 1. The number of hydrogen-bond acceptors (Lipinski definition) is 4. The average Bonchev–Trinajstić information content (AvgIpc) is 3.09. The molecule has 22 heavy (non-hydrogen) atoms. The lowest BCUT2D eigenvalue weighted by molar-refractivity contribution is -0.127. The van der Waals surface area contributed by atoms with Crippen molar-refractivity contribution in [2.45, 2.75) is 38.8 Å². The molecule has 3 rings (SSSR count). The zero-order valence-electron chi connectivity index (χ0n) is 13.4. The normalized spacial score (nSPS) is 23.4. The highest BCUT2D eigenvalue weighted by Crippen LogP contribution is 2.12. The van der Waals surface area contributed by atoms with Crippen molar-refractivity contribution in [3.05, 3.63) is 18.0 Å². The minimum absolute atomic E-state index is 0.210. The van der Waals surface area contributed by atoms with Gasteiger partial charge in [0.25, 0.3) is 0 Å². The zero-order chi connectivity index (χ0) is 15.4. The predicted molar refractivity (Wildman–Crippen MR) is 83.6 cm³/mol. The van der Waals surface area contributed by atoms with E-state index in [1.807, 2.05) is 15.8 Å². The molecule has 2 aliphatic heterocycles. The van der Waals surface area contributed by atoms with Crippen LogP contribution in [0.4, 0.5) is 0 Å². The molecule has 0 aliphatic carbocycles. The summed E-state index contributed by atoms with van der Waals surface area (Å²) >= 11 is 0. The lowest BCUT2D eigenvalue weighted by Gasteiger charge is -2.33. The molecule has 6 heteroatoms. The summed E-state index contributed by atoms with van der Waals surface area (Å²) in [5, 5.41) is 4.33. The minimum Gasteiger partial charge on any atom is -0.374 e. The molecule has 6 nitrogen and oxygen atoms in total. The van der Waals surface area contributed by atoms with Crippen molar-refractivity contribution < 1.29 is 9.53 Å². The second-order valence-corrected chi connectivity index (χ2v) is 6.37. The van der Waals surface area contributed by atoms with E-state index in [9.17, 15) is 4.79 Å². The summed E-state index contributed by atoms with van der Waals surface area (Å²) < 4.78 is 7.82. The third-order valence-corrected chi connectivity index (χ3v) is 4.45. The largest absolute Gasteiger partial charge is 0.374 e. The van der Waals surface area contributed by atoms with Crippen LogP contribution in [-0.2, 0) is 16.1 Å². The third-order valence-electron chi connectivity index (χ3n) is 4.45. The van der Waals surface area contributed by atoms with Crippen molar-refractivity contribution in [2.24, 2.45) is 0 Å². The van der Waals surface area contributed by atoms with Gasteiger partial charge >= 0.3 is 0 Å². The molecule has 0 aromatic carbocycles. The van der Waals surface area contributed by atoms with Gasteiger partial charge in [0.05, 0.1) is 25.5 Å². The van der Waals surface area contributed by atoms with Crippen LogP contribution in [0.15, 0.2) is 12.4 Å². The van der Waals surface area contributed by atoms with Crippen molar-refractivity contribution in [1.29, 1.82) is 0 Å².